The Balaban J connectivity index is 1.92. The van der Waals surface area contributed by atoms with Crippen LogP contribution in [0.25, 0.3) is 23.0 Å². The van der Waals surface area contributed by atoms with Gasteiger partial charge in [-0.2, -0.15) is 4.98 Å². The average Bonchev–Trinajstić information content (AvgIpc) is 3.10. The molecule has 0 radical (unpaired) electrons. The van der Waals surface area contributed by atoms with Crippen LogP contribution in [0, 0.1) is 0 Å². The maximum Gasteiger partial charge on any atom is 0.335 e. The van der Waals surface area contributed by atoms with Crippen molar-refractivity contribution in [2.24, 2.45) is 0 Å². The van der Waals surface area contributed by atoms with Gasteiger partial charge in [0.2, 0.25) is 5.82 Å². The first kappa shape index (κ1) is 11.2. The molecular formula is C13H9N3O3. The van der Waals surface area contributed by atoms with Crippen molar-refractivity contribution in [3.63, 3.8) is 0 Å². The summed E-state index contributed by atoms with van der Waals surface area (Å²) in [4.78, 5) is 18.0. The minimum Gasteiger partial charge on any atom is -0.478 e. The van der Waals surface area contributed by atoms with Gasteiger partial charge in [-0.25, -0.2) is 4.79 Å². The number of aromatic amines is 1. The predicted octanol–water partition coefficient (Wildman–Crippen LogP) is 2.43. The van der Waals surface area contributed by atoms with E-state index < -0.39 is 5.97 Å². The van der Waals surface area contributed by atoms with Gasteiger partial charge in [-0.1, -0.05) is 5.16 Å². The van der Waals surface area contributed by atoms with Crippen molar-refractivity contribution in [3.05, 3.63) is 48.2 Å². The molecule has 0 atom stereocenters. The third-order valence-electron chi connectivity index (χ3n) is 2.64. The van der Waals surface area contributed by atoms with Crippen LogP contribution in [0.3, 0.4) is 0 Å². The van der Waals surface area contributed by atoms with Gasteiger partial charge in [0.1, 0.15) is 0 Å². The number of nitrogens with zero attached hydrogens (tertiary/aromatic N) is 2. The van der Waals surface area contributed by atoms with Gasteiger partial charge in [-0.05, 0) is 36.4 Å². The van der Waals surface area contributed by atoms with Crippen molar-refractivity contribution in [1.29, 1.82) is 0 Å². The van der Waals surface area contributed by atoms with E-state index in [9.17, 15) is 4.79 Å². The lowest BCUT2D eigenvalue weighted by Crippen LogP contribution is -1.94. The summed E-state index contributed by atoms with van der Waals surface area (Å²) in [5.74, 6) is -0.159. The Morgan fingerprint density at radius 2 is 2.00 bits per heavy atom. The first-order chi connectivity index (χ1) is 9.24. The van der Waals surface area contributed by atoms with Gasteiger partial charge in [0.25, 0.3) is 5.89 Å². The fourth-order valence-electron chi connectivity index (χ4n) is 1.67. The predicted molar refractivity (Wildman–Crippen MR) is 66.5 cm³/mol. The normalized spacial score (nSPS) is 10.5. The maximum absolute atomic E-state index is 10.8. The topological polar surface area (TPSA) is 92.0 Å². The van der Waals surface area contributed by atoms with E-state index in [1.165, 1.54) is 12.1 Å². The molecule has 94 valence electrons. The summed E-state index contributed by atoms with van der Waals surface area (Å²) in [5, 5.41) is 12.7. The number of hydrogen-bond acceptors (Lipinski definition) is 4. The highest BCUT2D eigenvalue weighted by atomic mass is 16.5. The van der Waals surface area contributed by atoms with E-state index in [1.54, 1.807) is 18.3 Å². The van der Waals surface area contributed by atoms with Gasteiger partial charge < -0.3 is 14.6 Å². The van der Waals surface area contributed by atoms with E-state index in [-0.39, 0.29) is 5.56 Å². The molecule has 2 N–H and O–H groups in total. The van der Waals surface area contributed by atoms with Crippen molar-refractivity contribution < 1.29 is 14.4 Å². The molecule has 0 saturated heterocycles. The van der Waals surface area contributed by atoms with Gasteiger partial charge in [0.15, 0.2) is 0 Å². The molecule has 0 bridgehead atoms. The lowest BCUT2D eigenvalue weighted by molar-refractivity contribution is 0.0697. The summed E-state index contributed by atoms with van der Waals surface area (Å²) < 4.78 is 5.15. The molecule has 0 aliphatic heterocycles. The number of aromatic carboxylic acids is 1. The molecule has 3 rings (SSSR count). The Bertz CT molecular complexity index is 699. The van der Waals surface area contributed by atoms with E-state index in [4.69, 9.17) is 9.63 Å². The third-order valence-corrected chi connectivity index (χ3v) is 2.64. The zero-order valence-electron chi connectivity index (χ0n) is 9.70. The number of carboxylic acid groups (broad SMARTS) is 1. The van der Waals surface area contributed by atoms with Crippen LogP contribution in [0.5, 0.6) is 0 Å². The van der Waals surface area contributed by atoms with Crippen LogP contribution in [-0.2, 0) is 0 Å². The van der Waals surface area contributed by atoms with Crippen LogP contribution in [0.4, 0.5) is 0 Å². The molecular weight excluding hydrogens is 246 g/mol. The van der Waals surface area contributed by atoms with Crippen molar-refractivity contribution in [1.82, 2.24) is 15.1 Å². The number of carbonyl (C=O) groups is 1. The number of rotatable bonds is 3. The molecule has 6 nitrogen and oxygen atoms in total. The minimum atomic E-state index is -0.968. The highest BCUT2D eigenvalue weighted by molar-refractivity contribution is 5.88. The number of nitrogens with one attached hydrogen (secondary N) is 1. The summed E-state index contributed by atoms with van der Waals surface area (Å²) in [6, 6.07) is 9.94. The molecule has 0 fully saturated rings. The number of aromatic nitrogens is 3. The summed E-state index contributed by atoms with van der Waals surface area (Å²) in [7, 11) is 0. The summed E-state index contributed by atoms with van der Waals surface area (Å²) in [6.07, 6.45) is 1.77. The minimum absolute atomic E-state index is 0.216. The second kappa shape index (κ2) is 4.41. The third kappa shape index (κ3) is 2.11. The zero-order valence-corrected chi connectivity index (χ0v) is 9.70. The molecule has 0 aliphatic carbocycles. The first-order valence-electron chi connectivity index (χ1n) is 5.55. The monoisotopic (exact) mass is 255 g/mol. The van der Waals surface area contributed by atoms with Crippen LogP contribution >= 0.6 is 0 Å². The SMILES string of the molecule is O=C(O)c1ccc(-c2nc(-c3ccc[nH]3)no2)cc1. The number of carboxylic acids is 1. The molecule has 0 amide bonds. The molecule has 6 heteroatoms. The lowest BCUT2D eigenvalue weighted by atomic mass is 10.1. The fourth-order valence-corrected chi connectivity index (χ4v) is 1.67. The summed E-state index contributed by atoms with van der Waals surface area (Å²) in [6.45, 7) is 0. The average molecular weight is 255 g/mol. The van der Waals surface area contributed by atoms with Crippen molar-refractivity contribution >= 4 is 5.97 Å². The largest absolute Gasteiger partial charge is 0.478 e. The highest BCUT2D eigenvalue weighted by Crippen LogP contribution is 2.21. The maximum atomic E-state index is 10.8. The van der Waals surface area contributed by atoms with E-state index in [2.05, 4.69) is 15.1 Å². The smallest absolute Gasteiger partial charge is 0.335 e. The fraction of sp³-hybridized carbons (Fsp3) is 0. The Hall–Kier alpha value is -2.89. The molecule has 0 saturated carbocycles. The van der Waals surface area contributed by atoms with E-state index in [0.717, 1.165) is 5.69 Å². The molecule has 0 aliphatic rings. The van der Waals surface area contributed by atoms with Crippen LogP contribution in [0.1, 0.15) is 10.4 Å². The molecule has 0 unspecified atom stereocenters. The van der Waals surface area contributed by atoms with E-state index in [0.29, 0.717) is 17.3 Å². The van der Waals surface area contributed by atoms with Gasteiger partial charge in [0, 0.05) is 11.8 Å². The summed E-state index contributed by atoms with van der Waals surface area (Å²) >= 11 is 0. The molecule has 0 spiro atoms. The quantitative estimate of drug-likeness (QED) is 0.749. The molecule has 2 aromatic heterocycles. The van der Waals surface area contributed by atoms with Gasteiger partial charge in [0.05, 0.1) is 11.3 Å². The van der Waals surface area contributed by atoms with Crippen LogP contribution in [-0.4, -0.2) is 26.2 Å². The van der Waals surface area contributed by atoms with Crippen LogP contribution in [0.2, 0.25) is 0 Å². The van der Waals surface area contributed by atoms with Gasteiger partial charge in [-0.3, -0.25) is 0 Å². The van der Waals surface area contributed by atoms with E-state index >= 15 is 0 Å². The van der Waals surface area contributed by atoms with Gasteiger partial charge >= 0.3 is 5.97 Å². The van der Waals surface area contributed by atoms with Crippen molar-refractivity contribution in [2.45, 2.75) is 0 Å². The van der Waals surface area contributed by atoms with Crippen molar-refractivity contribution in [2.75, 3.05) is 0 Å². The van der Waals surface area contributed by atoms with E-state index in [1.807, 2.05) is 12.1 Å². The zero-order chi connectivity index (χ0) is 13.2. The number of hydrogen-bond donors (Lipinski definition) is 2. The molecule has 2 heterocycles. The Labute approximate surface area is 107 Å². The Kier molecular flexibility index (Phi) is 2.60. The number of benzene rings is 1. The highest BCUT2D eigenvalue weighted by Gasteiger charge is 2.11. The van der Waals surface area contributed by atoms with Gasteiger partial charge in [-0.15, -0.1) is 0 Å². The van der Waals surface area contributed by atoms with Crippen molar-refractivity contribution in [3.8, 4) is 23.0 Å². The van der Waals surface area contributed by atoms with Crippen LogP contribution in [0.15, 0.2) is 47.1 Å². The molecule has 1 aromatic carbocycles. The molecule has 19 heavy (non-hydrogen) atoms. The lowest BCUT2D eigenvalue weighted by Gasteiger charge is -1.95. The standard InChI is InChI=1S/C13H9N3O3/c17-13(18)9-5-3-8(4-6-9)12-15-11(16-19-12)10-2-1-7-14-10/h1-7,14H,(H,17,18). The number of H-pyrrole nitrogens is 1. The molecule has 3 aromatic rings. The Morgan fingerprint density at radius 3 is 2.63 bits per heavy atom. The first-order valence-corrected chi connectivity index (χ1v) is 5.55. The summed E-state index contributed by atoms with van der Waals surface area (Å²) in [5.41, 5.74) is 1.65. The van der Waals surface area contributed by atoms with Crippen LogP contribution < -0.4 is 0 Å². The second-order valence-electron chi connectivity index (χ2n) is 3.89. The second-order valence-corrected chi connectivity index (χ2v) is 3.89. The Morgan fingerprint density at radius 1 is 1.21 bits per heavy atom.